The quantitative estimate of drug-likeness (QED) is 0.872. The van der Waals surface area contributed by atoms with E-state index in [9.17, 15) is 9.59 Å². The van der Waals surface area contributed by atoms with Gasteiger partial charge in [-0.15, -0.1) is 11.3 Å². The van der Waals surface area contributed by atoms with Crippen molar-refractivity contribution in [2.45, 2.75) is 52.6 Å². The standard InChI is InChI=1S/C13H20N2O4S/c1-12(2,3)8-7(9(16)17)14-10(20-8)15-11(18)19-13(4,5)6/h1-6H3,(H,16,17)(H,14,15,18). The van der Waals surface area contributed by atoms with Crippen LogP contribution in [0.2, 0.25) is 0 Å². The number of aromatic nitrogens is 1. The molecule has 1 rings (SSSR count). The summed E-state index contributed by atoms with van der Waals surface area (Å²) in [6.07, 6.45) is -0.649. The van der Waals surface area contributed by atoms with Crippen LogP contribution in [0.5, 0.6) is 0 Å². The van der Waals surface area contributed by atoms with Crippen molar-refractivity contribution in [1.29, 1.82) is 0 Å². The molecular formula is C13H20N2O4S. The Morgan fingerprint density at radius 1 is 1.20 bits per heavy atom. The number of carboxylic acids is 1. The van der Waals surface area contributed by atoms with Crippen molar-refractivity contribution in [3.8, 4) is 0 Å². The molecule has 0 aliphatic heterocycles. The van der Waals surface area contributed by atoms with E-state index in [4.69, 9.17) is 9.84 Å². The first-order valence-electron chi connectivity index (χ1n) is 6.15. The highest BCUT2D eigenvalue weighted by molar-refractivity contribution is 7.16. The van der Waals surface area contributed by atoms with Gasteiger partial charge >= 0.3 is 12.1 Å². The number of carbonyl (C=O) groups is 2. The molecule has 0 aromatic carbocycles. The first kappa shape index (κ1) is 16.4. The van der Waals surface area contributed by atoms with Gasteiger partial charge in [0.05, 0.1) is 0 Å². The maximum Gasteiger partial charge on any atom is 0.413 e. The highest BCUT2D eigenvalue weighted by Crippen LogP contribution is 2.34. The summed E-state index contributed by atoms with van der Waals surface area (Å²) >= 11 is 1.15. The molecule has 7 heteroatoms. The number of thiazole rings is 1. The molecule has 0 unspecified atom stereocenters. The Morgan fingerprint density at radius 3 is 2.10 bits per heavy atom. The second kappa shape index (κ2) is 5.40. The minimum absolute atomic E-state index is 0.0337. The van der Waals surface area contributed by atoms with Crippen LogP contribution in [-0.2, 0) is 10.2 Å². The lowest BCUT2D eigenvalue weighted by Crippen LogP contribution is -2.27. The number of carbonyl (C=O) groups excluding carboxylic acids is 1. The van der Waals surface area contributed by atoms with E-state index in [1.54, 1.807) is 20.8 Å². The van der Waals surface area contributed by atoms with Gasteiger partial charge in [0.15, 0.2) is 10.8 Å². The first-order chi connectivity index (χ1) is 8.90. The van der Waals surface area contributed by atoms with E-state index >= 15 is 0 Å². The van der Waals surface area contributed by atoms with Gasteiger partial charge < -0.3 is 9.84 Å². The van der Waals surface area contributed by atoms with Crippen LogP contribution in [0.1, 0.15) is 56.9 Å². The Kier molecular flexibility index (Phi) is 4.43. The van der Waals surface area contributed by atoms with E-state index in [0.29, 0.717) is 4.88 Å². The van der Waals surface area contributed by atoms with E-state index < -0.39 is 17.7 Å². The fraction of sp³-hybridized carbons (Fsp3) is 0.615. The van der Waals surface area contributed by atoms with Gasteiger partial charge in [0, 0.05) is 4.88 Å². The molecule has 1 aromatic rings. The topological polar surface area (TPSA) is 88.5 Å². The van der Waals surface area contributed by atoms with Gasteiger partial charge in [-0.05, 0) is 26.2 Å². The number of hydrogen-bond donors (Lipinski definition) is 2. The Hall–Kier alpha value is -1.63. The minimum atomic E-state index is -1.11. The molecule has 1 aromatic heterocycles. The molecule has 0 saturated carbocycles. The molecule has 0 spiro atoms. The van der Waals surface area contributed by atoms with Gasteiger partial charge in [0.2, 0.25) is 0 Å². The van der Waals surface area contributed by atoms with Gasteiger partial charge in [-0.25, -0.2) is 14.6 Å². The number of rotatable bonds is 2. The molecule has 1 heterocycles. The highest BCUT2D eigenvalue weighted by Gasteiger charge is 2.28. The Morgan fingerprint density at radius 2 is 1.75 bits per heavy atom. The van der Waals surface area contributed by atoms with E-state index in [0.717, 1.165) is 11.3 Å². The Bertz CT molecular complexity index is 523. The second-order valence-corrected chi connectivity index (χ2v) is 7.38. The zero-order valence-electron chi connectivity index (χ0n) is 12.5. The van der Waals surface area contributed by atoms with Crippen LogP contribution in [0.4, 0.5) is 9.93 Å². The molecule has 0 radical (unpaired) electrons. The monoisotopic (exact) mass is 300 g/mol. The Balaban J connectivity index is 2.99. The number of carboxylic acid groups (broad SMARTS) is 1. The van der Waals surface area contributed by atoms with Crippen LogP contribution >= 0.6 is 11.3 Å². The molecule has 112 valence electrons. The average molecular weight is 300 g/mol. The highest BCUT2D eigenvalue weighted by atomic mass is 32.1. The lowest BCUT2D eigenvalue weighted by Gasteiger charge is -2.19. The maximum absolute atomic E-state index is 11.7. The molecule has 0 saturated heterocycles. The number of nitrogens with one attached hydrogen (secondary N) is 1. The third-order valence-electron chi connectivity index (χ3n) is 2.12. The number of anilines is 1. The van der Waals surface area contributed by atoms with Crippen LogP contribution in [0.25, 0.3) is 0 Å². The molecule has 6 nitrogen and oxygen atoms in total. The van der Waals surface area contributed by atoms with E-state index in [2.05, 4.69) is 10.3 Å². The summed E-state index contributed by atoms with van der Waals surface area (Å²) in [4.78, 5) is 27.4. The number of nitrogens with zero attached hydrogens (tertiary/aromatic N) is 1. The minimum Gasteiger partial charge on any atom is -0.476 e. The largest absolute Gasteiger partial charge is 0.476 e. The van der Waals surface area contributed by atoms with Crippen LogP contribution in [0, 0.1) is 0 Å². The summed E-state index contributed by atoms with van der Waals surface area (Å²) in [6.45, 7) is 10.9. The molecule has 0 fully saturated rings. The number of amides is 1. The van der Waals surface area contributed by atoms with Crippen LogP contribution < -0.4 is 5.32 Å². The normalized spacial score (nSPS) is 12.1. The van der Waals surface area contributed by atoms with Crippen molar-refractivity contribution < 1.29 is 19.4 Å². The second-order valence-electron chi connectivity index (χ2n) is 6.38. The van der Waals surface area contributed by atoms with Gasteiger partial charge in [-0.3, -0.25) is 5.32 Å². The summed E-state index contributed by atoms with van der Waals surface area (Å²) in [5.74, 6) is -1.11. The fourth-order valence-electron chi connectivity index (χ4n) is 1.42. The molecule has 20 heavy (non-hydrogen) atoms. The smallest absolute Gasteiger partial charge is 0.413 e. The summed E-state index contributed by atoms with van der Waals surface area (Å²) < 4.78 is 5.11. The molecule has 0 aliphatic rings. The molecular weight excluding hydrogens is 280 g/mol. The average Bonchev–Trinajstić information content (AvgIpc) is 2.57. The predicted octanol–water partition coefficient (Wildman–Crippen LogP) is 3.49. The lowest BCUT2D eigenvalue weighted by atomic mass is 9.93. The SMILES string of the molecule is CC(C)(C)OC(=O)Nc1nc(C(=O)O)c(C(C)(C)C)s1. The predicted molar refractivity (Wildman–Crippen MR) is 77.6 cm³/mol. The van der Waals surface area contributed by atoms with Crippen LogP contribution in [0.15, 0.2) is 0 Å². The van der Waals surface area contributed by atoms with E-state index in [-0.39, 0.29) is 16.2 Å². The maximum atomic E-state index is 11.7. The van der Waals surface area contributed by atoms with Crippen molar-refractivity contribution in [2.75, 3.05) is 5.32 Å². The summed E-state index contributed by atoms with van der Waals surface area (Å²) in [5.41, 5.74) is -1.02. The zero-order valence-corrected chi connectivity index (χ0v) is 13.3. The fourth-order valence-corrected chi connectivity index (χ4v) is 2.42. The van der Waals surface area contributed by atoms with Crippen molar-refractivity contribution in [2.24, 2.45) is 0 Å². The summed E-state index contributed by atoms with van der Waals surface area (Å²) in [6, 6.07) is 0. The Labute approximate surface area is 122 Å². The summed E-state index contributed by atoms with van der Waals surface area (Å²) in [5, 5.41) is 11.9. The number of hydrogen-bond acceptors (Lipinski definition) is 5. The third-order valence-corrected chi connectivity index (χ3v) is 3.52. The first-order valence-corrected chi connectivity index (χ1v) is 6.96. The summed E-state index contributed by atoms with van der Waals surface area (Å²) in [7, 11) is 0. The van der Waals surface area contributed by atoms with Crippen molar-refractivity contribution >= 4 is 28.5 Å². The molecule has 2 N–H and O–H groups in total. The van der Waals surface area contributed by atoms with E-state index in [1.807, 2.05) is 20.8 Å². The van der Waals surface area contributed by atoms with Crippen molar-refractivity contribution in [3.63, 3.8) is 0 Å². The molecule has 0 aliphatic carbocycles. The number of ether oxygens (including phenoxy) is 1. The molecule has 0 bridgehead atoms. The zero-order chi connectivity index (χ0) is 15.7. The third kappa shape index (κ3) is 4.48. The van der Waals surface area contributed by atoms with Gasteiger partial charge in [-0.1, -0.05) is 20.8 Å². The van der Waals surface area contributed by atoms with Crippen LogP contribution in [0.3, 0.4) is 0 Å². The van der Waals surface area contributed by atoms with Crippen molar-refractivity contribution in [1.82, 2.24) is 4.98 Å². The molecule has 0 atom stereocenters. The van der Waals surface area contributed by atoms with E-state index in [1.165, 1.54) is 0 Å². The van der Waals surface area contributed by atoms with Gasteiger partial charge in [0.25, 0.3) is 0 Å². The van der Waals surface area contributed by atoms with Gasteiger partial charge in [-0.2, -0.15) is 0 Å². The van der Waals surface area contributed by atoms with Crippen molar-refractivity contribution in [3.05, 3.63) is 10.6 Å². The lowest BCUT2D eigenvalue weighted by molar-refractivity contribution is 0.0632. The number of aromatic carboxylic acids is 1. The molecule has 1 amide bonds. The van der Waals surface area contributed by atoms with Crippen LogP contribution in [-0.4, -0.2) is 27.8 Å². The van der Waals surface area contributed by atoms with Gasteiger partial charge in [0.1, 0.15) is 5.60 Å².